The third-order valence-electron chi connectivity index (χ3n) is 9.23. The fourth-order valence-electron chi connectivity index (χ4n) is 8.86. The standard InChI is InChI=1S/C21H22N2O2/c1-22-14-6-3-2-5-12(14)21-15-16(24)13-11-19(8-9-20(13,21)22)7-4-10-23(17(15)25)18(19)21/h2-3,5-6,13,15,18H,4,7-11H2,1H3/t13-,15+,18+,19-,20-,21+/m1/s1. The van der Waals surface area contributed by atoms with E-state index in [-0.39, 0.29) is 40.0 Å². The number of benzene rings is 1. The molecule has 25 heavy (non-hydrogen) atoms. The summed E-state index contributed by atoms with van der Waals surface area (Å²) in [6, 6.07) is 8.88. The maximum Gasteiger partial charge on any atom is 0.234 e. The minimum absolute atomic E-state index is 0.0455. The molecule has 4 bridgehead atoms. The molecule has 8 rings (SSSR count). The Bertz CT molecular complexity index is 896. The second-order valence-electron chi connectivity index (χ2n) is 9.36. The topological polar surface area (TPSA) is 40.6 Å². The van der Waals surface area contributed by atoms with Gasteiger partial charge in [-0.15, -0.1) is 0 Å². The van der Waals surface area contributed by atoms with Crippen molar-refractivity contribution in [2.75, 3.05) is 18.5 Å². The van der Waals surface area contributed by atoms with Crippen LogP contribution in [0.5, 0.6) is 0 Å². The van der Waals surface area contributed by atoms with Crippen molar-refractivity contribution in [1.29, 1.82) is 0 Å². The van der Waals surface area contributed by atoms with Crippen LogP contribution in [0.1, 0.15) is 37.7 Å². The second kappa shape index (κ2) is 3.51. The third kappa shape index (κ3) is 0.954. The van der Waals surface area contributed by atoms with Crippen molar-refractivity contribution in [2.24, 2.45) is 17.3 Å². The van der Waals surface area contributed by atoms with Crippen LogP contribution in [-0.2, 0) is 15.0 Å². The van der Waals surface area contributed by atoms with Crippen molar-refractivity contribution in [1.82, 2.24) is 4.90 Å². The molecular formula is C21H22N2O2. The first kappa shape index (κ1) is 13.4. The van der Waals surface area contributed by atoms with Crippen LogP contribution in [-0.4, -0.2) is 41.8 Å². The van der Waals surface area contributed by atoms with Crippen LogP contribution in [0, 0.1) is 17.3 Å². The molecule has 4 heteroatoms. The molecule has 1 amide bonds. The highest BCUT2D eigenvalue weighted by Gasteiger charge is 2.89. The van der Waals surface area contributed by atoms with Crippen LogP contribution in [0.2, 0.25) is 0 Å². The number of likely N-dealkylation sites (N-methyl/N-ethyl adjacent to an activating group) is 1. The number of carbonyl (C=O) groups excluding carboxylic acids is 2. The summed E-state index contributed by atoms with van der Waals surface area (Å²) in [6.07, 6.45) is 5.57. The number of carbonyl (C=O) groups is 2. The largest absolute Gasteiger partial charge is 0.367 e. The van der Waals surface area contributed by atoms with Crippen molar-refractivity contribution >= 4 is 17.4 Å². The number of hydrogen-bond acceptors (Lipinski definition) is 3. The molecule has 6 fully saturated rings. The Morgan fingerprint density at radius 1 is 1.12 bits per heavy atom. The number of anilines is 1. The summed E-state index contributed by atoms with van der Waals surface area (Å²) in [5.41, 5.74) is 2.30. The van der Waals surface area contributed by atoms with Gasteiger partial charge in [-0.25, -0.2) is 0 Å². The first-order valence-electron chi connectivity index (χ1n) is 9.77. The van der Waals surface area contributed by atoms with Crippen LogP contribution in [0.3, 0.4) is 0 Å². The fourth-order valence-corrected chi connectivity index (χ4v) is 8.86. The predicted molar refractivity (Wildman–Crippen MR) is 92.3 cm³/mol. The van der Waals surface area contributed by atoms with Gasteiger partial charge in [0.25, 0.3) is 0 Å². The van der Waals surface area contributed by atoms with Gasteiger partial charge in [-0.3, -0.25) is 9.59 Å². The Labute approximate surface area is 147 Å². The number of piperidine rings is 1. The molecule has 0 N–H and O–H groups in total. The summed E-state index contributed by atoms with van der Waals surface area (Å²) in [6.45, 7) is 0.851. The van der Waals surface area contributed by atoms with Crippen molar-refractivity contribution in [3.8, 4) is 0 Å². The molecule has 3 spiro atoms. The van der Waals surface area contributed by atoms with E-state index in [1.807, 2.05) is 0 Å². The van der Waals surface area contributed by atoms with Gasteiger partial charge in [0.1, 0.15) is 5.92 Å². The Balaban J connectivity index is 1.68. The maximum atomic E-state index is 13.6. The lowest BCUT2D eigenvalue weighted by atomic mass is 9.41. The monoisotopic (exact) mass is 334 g/mol. The molecule has 4 aliphatic carbocycles. The van der Waals surface area contributed by atoms with E-state index in [0.29, 0.717) is 0 Å². The molecule has 2 saturated heterocycles. The van der Waals surface area contributed by atoms with Crippen molar-refractivity contribution < 1.29 is 9.59 Å². The molecule has 0 unspecified atom stereocenters. The van der Waals surface area contributed by atoms with Crippen LogP contribution in [0.4, 0.5) is 5.69 Å². The van der Waals surface area contributed by atoms with E-state index in [9.17, 15) is 9.59 Å². The lowest BCUT2D eigenvalue weighted by Gasteiger charge is -2.67. The zero-order valence-electron chi connectivity index (χ0n) is 14.5. The zero-order valence-corrected chi connectivity index (χ0v) is 14.5. The normalized spacial score (nSPS) is 50.5. The summed E-state index contributed by atoms with van der Waals surface area (Å²) < 4.78 is 0. The number of nitrogens with zero attached hydrogens (tertiary/aromatic N) is 2. The van der Waals surface area contributed by atoms with Gasteiger partial charge in [-0.2, -0.15) is 0 Å². The highest BCUT2D eigenvalue weighted by Crippen LogP contribution is 2.80. The van der Waals surface area contributed by atoms with Crippen LogP contribution < -0.4 is 4.90 Å². The van der Waals surface area contributed by atoms with E-state index in [2.05, 4.69) is 41.1 Å². The quantitative estimate of drug-likeness (QED) is 0.683. The Kier molecular flexibility index (Phi) is 1.88. The van der Waals surface area contributed by atoms with Crippen LogP contribution in [0.25, 0.3) is 0 Å². The van der Waals surface area contributed by atoms with E-state index in [1.165, 1.54) is 24.1 Å². The number of rotatable bonds is 0. The number of ketones is 1. The molecule has 6 atom stereocenters. The third-order valence-corrected chi connectivity index (χ3v) is 9.23. The molecule has 3 heterocycles. The number of hydrogen-bond donors (Lipinski definition) is 0. The number of para-hydroxylation sites is 1. The zero-order chi connectivity index (χ0) is 16.8. The summed E-state index contributed by atoms with van der Waals surface area (Å²) in [5.74, 6) is 0.0398. The van der Waals surface area contributed by atoms with E-state index in [4.69, 9.17) is 0 Å². The average molecular weight is 334 g/mol. The molecule has 1 aromatic rings. The predicted octanol–water partition coefficient (Wildman–Crippen LogP) is 2.12. The molecular weight excluding hydrogens is 312 g/mol. The highest BCUT2D eigenvalue weighted by molar-refractivity contribution is 6.12. The fraction of sp³-hybridized carbons (Fsp3) is 0.619. The maximum absolute atomic E-state index is 13.6. The lowest BCUT2D eigenvalue weighted by Crippen LogP contribution is -2.75. The summed E-state index contributed by atoms with van der Waals surface area (Å²) >= 11 is 0. The van der Waals surface area contributed by atoms with Gasteiger partial charge in [0.05, 0.1) is 17.0 Å². The van der Waals surface area contributed by atoms with Crippen LogP contribution in [0.15, 0.2) is 24.3 Å². The van der Waals surface area contributed by atoms with Crippen molar-refractivity contribution in [3.63, 3.8) is 0 Å². The molecule has 4 nitrogen and oxygen atoms in total. The smallest absolute Gasteiger partial charge is 0.234 e. The van der Waals surface area contributed by atoms with Gasteiger partial charge >= 0.3 is 0 Å². The minimum Gasteiger partial charge on any atom is -0.367 e. The SMILES string of the molecule is CN1c2ccccc2[C@]23[C@H]4C(=O)[C@H]5C[C@@]6(CCCN(C4=O)[C@@H]62)CC[C@]513. The van der Waals surface area contributed by atoms with Gasteiger partial charge in [0.2, 0.25) is 5.91 Å². The number of amides is 1. The van der Waals surface area contributed by atoms with Gasteiger partial charge in [-0.1, -0.05) is 18.2 Å². The van der Waals surface area contributed by atoms with Gasteiger partial charge < -0.3 is 9.80 Å². The van der Waals surface area contributed by atoms with Gasteiger partial charge in [-0.05, 0) is 49.1 Å². The van der Waals surface area contributed by atoms with Gasteiger partial charge in [0, 0.05) is 25.2 Å². The van der Waals surface area contributed by atoms with Gasteiger partial charge in [0.15, 0.2) is 5.78 Å². The van der Waals surface area contributed by atoms with E-state index >= 15 is 0 Å². The van der Waals surface area contributed by atoms with Crippen LogP contribution >= 0.6 is 0 Å². The molecule has 0 aromatic heterocycles. The number of Topliss-reactive ketones (excluding diaryl/α,β-unsaturated/α-hetero) is 1. The second-order valence-corrected chi connectivity index (χ2v) is 9.36. The summed E-state index contributed by atoms with van der Waals surface area (Å²) in [7, 11) is 2.19. The lowest BCUT2D eigenvalue weighted by molar-refractivity contribution is -0.153. The Hall–Kier alpha value is -1.84. The Morgan fingerprint density at radius 2 is 1.96 bits per heavy atom. The van der Waals surface area contributed by atoms with Crippen molar-refractivity contribution in [3.05, 3.63) is 29.8 Å². The minimum atomic E-state index is -0.422. The molecule has 1 aromatic carbocycles. The molecule has 0 radical (unpaired) electrons. The van der Waals surface area contributed by atoms with E-state index < -0.39 is 5.92 Å². The molecule has 128 valence electrons. The average Bonchev–Trinajstić information content (AvgIpc) is 3.11. The summed E-state index contributed by atoms with van der Waals surface area (Å²) in [5, 5.41) is 0. The number of fused-ring (bicyclic) bond motifs is 2. The first-order chi connectivity index (χ1) is 12.1. The molecule has 3 aliphatic heterocycles. The Morgan fingerprint density at radius 3 is 2.84 bits per heavy atom. The van der Waals surface area contributed by atoms with Crippen molar-refractivity contribution in [2.45, 2.75) is 49.1 Å². The highest BCUT2D eigenvalue weighted by atomic mass is 16.2. The van der Waals surface area contributed by atoms with E-state index in [0.717, 1.165) is 25.8 Å². The first-order valence-corrected chi connectivity index (χ1v) is 9.77. The molecule has 4 saturated carbocycles. The van der Waals surface area contributed by atoms with E-state index in [1.54, 1.807) is 0 Å². The molecule has 7 aliphatic rings. The summed E-state index contributed by atoms with van der Waals surface area (Å²) in [4.78, 5) is 31.6.